The van der Waals surface area contributed by atoms with Crippen molar-refractivity contribution >= 4 is 17.0 Å². The van der Waals surface area contributed by atoms with Crippen LogP contribution in [0.1, 0.15) is 5.76 Å². The fraction of sp³-hybridized carbons (Fsp3) is 0.0385. The van der Waals surface area contributed by atoms with E-state index in [1.165, 1.54) is 11.1 Å². The summed E-state index contributed by atoms with van der Waals surface area (Å²) in [6.45, 7) is 0.637. The lowest BCUT2D eigenvalue weighted by molar-refractivity contribution is 0.492. The van der Waals surface area contributed by atoms with Crippen molar-refractivity contribution in [3.8, 4) is 22.4 Å². The lowest BCUT2D eigenvalue weighted by Crippen LogP contribution is -2.16. The number of hydrogen-bond acceptors (Lipinski definition) is 3. The van der Waals surface area contributed by atoms with Gasteiger partial charge < -0.3 is 8.98 Å². The molecule has 5 rings (SSSR count). The van der Waals surface area contributed by atoms with Gasteiger partial charge in [0.2, 0.25) is 0 Å². The van der Waals surface area contributed by atoms with Crippen LogP contribution in [0, 0.1) is 0 Å². The SMILES string of the molecule is c1ccc(N=c2scc(-c3ccc(-c4ccccc4)cc3)n2Cc2ccco2)cc1. The van der Waals surface area contributed by atoms with E-state index in [0.717, 1.165) is 27.5 Å². The van der Waals surface area contributed by atoms with E-state index in [1.807, 2.05) is 48.5 Å². The van der Waals surface area contributed by atoms with E-state index in [2.05, 4.69) is 58.5 Å². The maximum atomic E-state index is 5.62. The summed E-state index contributed by atoms with van der Waals surface area (Å²) < 4.78 is 7.84. The summed E-state index contributed by atoms with van der Waals surface area (Å²) in [5.74, 6) is 0.907. The standard InChI is InChI=1S/C26H20N2OS/c1-3-8-20(9-4-1)21-13-15-22(16-14-21)25-19-30-26(27-23-10-5-2-6-11-23)28(25)18-24-12-7-17-29-24/h1-17,19H,18H2. The number of aromatic nitrogens is 1. The molecule has 5 aromatic rings. The van der Waals surface area contributed by atoms with Gasteiger partial charge in [0.25, 0.3) is 0 Å². The topological polar surface area (TPSA) is 30.4 Å². The van der Waals surface area contributed by atoms with E-state index in [1.54, 1.807) is 17.6 Å². The molecule has 0 amide bonds. The third-order valence-electron chi connectivity index (χ3n) is 4.96. The first-order chi connectivity index (χ1) is 14.9. The second kappa shape index (κ2) is 8.39. The Kier molecular flexibility index (Phi) is 5.15. The number of nitrogens with zero attached hydrogens (tertiary/aromatic N) is 2. The van der Waals surface area contributed by atoms with Crippen molar-refractivity contribution in [3.05, 3.63) is 119 Å². The fourth-order valence-corrected chi connectivity index (χ4v) is 4.37. The number of rotatable bonds is 5. The van der Waals surface area contributed by atoms with Crippen molar-refractivity contribution in [3.63, 3.8) is 0 Å². The Hall–Kier alpha value is -3.63. The minimum absolute atomic E-state index is 0.637. The van der Waals surface area contributed by atoms with Crippen LogP contribution in [0.3, 0.4) is 0 Å². The Bertz CT molecular complexity index is 1280. The highest BCUT2D eigenvalue weighted by molar-refractivity contribution is 7.07. The molecule has 2 aromatic heterocycles. The summed E-state index contributed by atoms with van der Waals surface area (Å²) in [6, 6.07) is 33.1. The molecule has 0 unspecified atom stereocenters. The van der Waals surface area contributed by atoms with Crippen molar-refractivity contribution in [1.82, 2.24) is 4.57 Å². The second-order valence-electron chi connectivity index (χ2n) is 6.96. The Morgan fingerprint density at radius 2 is 1.37 bits per heavy atom. The van der Waals surface area contributed by atoms with Gasteiger partial charge in [-0.05, 0) is 41.0 Å². The molecule has 2 heterocycles. The van der Waals surface area contributed by atoms with E-state index in [0.29, 0.717) is 6.54 Å². The molecule has 0 aliphatic rings. The summed E-state index contributed by atoms with van der Waals surface area (Å²) in [5.41, 5.74) is 5.66. The van der Waals surface area contributed by atoms with Gasteiger partial charge in [-0.25, -0.2) is 4.99 Å². The van der Waals surface area contributed by atoms with Crippen LogP contribution in [0.2, 0.25) is 0 Å². The summed E-state index contributed by atoms with van der Waals surface area (Å²) in [4.78, 5) is 5.82. The highest BCUT2D eigenvalue weighted by Crippen LogP contribution is 2.26. The molecule has 0 aliphatic carbocycles. The molecule has 4 heteroatoms. The molecule has 0 bridgehead atoms. The van der Waals surface area contributed by atoms with E-state index in [9.17, 15) is 0 Å². The Balaban J connectivity index is 1.57. The van der Waals surface area contributed by atoms with Crippen LogP contribution in [0.5, 0.6) is 0 Å². The number of benzene rings is 3. The molecule has 3 nitrogen and oxygen atoms in total. The van der Waals surface area contributed by atoms with Gasteiger partial charge in [0.05, 0.1) is 24.2 Å². The minimum Gasteiger partial charge on any atom is -0.467 e. The summed E-state index contributed by atoms with van der Waals surface area (Å²) in [7, 11) is 0. The molecule has 0 atom stereocenters. The molecule has 0 fully saturated rings. The molecule has 30 heavy (non-hydrogen) atoms. The lowest BCUT2D eigenvalue weighted by atomic mass is 10.0. The zero-order chi connectivity index (χ0) is 20.2. The third kappa shape index (κ3) is 3.91. The largest absolute Gasteiger partial charge is 0.467 e. The van der Waals surface area contributed by atoms with Gasteiger partial charge >= 0.3 is 0 Å². The Morgan fingerprint density at radius 3 is 2.07 bits per heavy atom. The van der Waals surface area contributed by atoms with Crippen LogP contribution in [-0.2, 0) is 6.54 Å². The van der Waals surface area contributed by atoms with Crippen molar-refractivity contribution < 1.29 is 4.42 Å². The molecule has 0 saturated carbocycles. The molecular formula is C26H20N2OS. The number of thiazole rings is 1. The Morgan fingerprint density at radius 1 is 0.700 bits per heavy atom. The van der Waals surface area contributed by atoms with Crippen LogP contribution in [0.25, 0.3) is 22.4 Å². The maximum absolute atomic E-state index is 5.62. The van der Waals surface area contributed by atoms with Crippen molar-refractivity contribution in [2.45, 2.75) is 6.54 Å². The number of furan rings is 1. The van der Waals surface area contributed by atoms with E-state index in [-0.39, 0.29) is 0 Å². The minimum atomic E-state index is 0.637. The first-order valence-corrected chi connectivity index (χ1v) is 10.7. The highest BCUT2D eigenvalue weighted by atomic mass is 32.1. The monoisotopic (exact) mass is 408 g/mol. The maximum Gasteiger partial charge on any atom is 0.190 e. The van der Waals surface area contributed by atoms with Crippen molar-refractivity contribution in [2.75, 3.05) is 0 Å². The number of hydrogen-bond donors (Lipinski definition) is 0. The summed E-state index contributed by atoms with van der Waals surface area (Å²) >= 11 is 1.64. The van der Waals surface area contributed by atoms with Gasteiger partial charge in [0.1, 0.15) is 5.76 Å². The predicted octanol–water partition coefficient (Wildman–Crippen LogP) is 6.76. The molecule has 3 aromatic carbocycles. The van der Waals surface area contributed by atoms with Gasteiger partial charge in [0, 0.05) is 5.38 Å². The zero-order valence-corrected chi connectivity index (χ0v) is 17.1. The molecule has 146 valence electrons. The smallest absolute Gasteiger partial charge is 0.190 e. The van der Waals surface area contributed by atoms with Crippen LogP contribution < -0.4 is 4.80 Å². The molecule has 0 radical (unpaired) electrons. The van der Waals surface area contributed by atoms with Crippen molar-refractivity contribution in [1.29, 1.82) is 0 Å². The normalized spacial score (nSPS) is 11.7. The van der Waals surface area contributed by atoms with Crippen LogP contribution in [-0.4, -0.2) is 4.57 Å². The summed E-state index contributed by atoms with van der Waals surface area (Å²) in [5, 5.41) is 2.17. The quantitative estimate of drug-likeness (QED) is 0.316. The van der Waals surface area contributed by atoms with Crippen LogP contribution in [0.15, 0.2) is 118 Å². The first kappa shape index (κ1) is 18.4. The molecule has 0 spiro atoms. The second-order valence-corrected chi connectivity index (χ2v) is 7.80. The van der Waals surface area contributed by atoms with Gasteiger partial charge in [0.15, 0.2) is 4.80 Å². The molecule has 0 aliphatic heterocycles. The molecule has 0 saturated heterocycles. The van der Waals surface area contributed by atoms with Crippen LogP contribution >= 0.6 is 11.3 Å². The first-order valence-electron chi connectivity index (χ1n) is 9.83. The summed E-state index contributed by atoms with van der Waals surface area (Å²) in [6.07, 6.45) is 1.71. The van der Waals surface area contributed by atoms with Gasteiger partial charge in [-0.2, -0.15) is 0 Å². The van der Waals surface area contributed by atoms with E-state index >= 15 is 0 Å². The van der Waals surface area contributed by atoms with Crippen LogP contribution in [0.4, 0.5) is 5.69 Å². The highest BCUT2D eigenvalue weighted by Gasteiger charge is 2.11. The lowest BCUT2D eigenvalue weighted by Gasteiger charge is -2.09. The average Bonchev–Trinajstić information content (AvgIpc) is 3.46. The van der Waals surface area contributed by atoms with Gasteiger partial charge in [-0.3, -0.25) is 0 Å². The third-order valence-corrected chi connectivity index (χ3v) is 5.82. The van der Waals surface area contributed by atoms with Crippen molar-refractivity contribution in [2.24, 2.45) is 4.99 Å². The number of para-hydroxylation sites is 1. The van der Waals surface area contributed by atoms with Gasteiger partial charge in [-0.1, -0.05) is 72.8 Å². The van der Waals surface area contributed by atoms with E-state index in [4.69, 9.17) is 9.41 Å². The average molecular weight is 409 g/mol. The fourth-order valence-electron chi connectivity index (χ4n) is 3.44. The molecular weight excluding hydrogens is 388 g/mol. The predicted molar refractivity (Wildman–Crippen MR) is 123 cm³/mol. The zero-order valence-electron chi connectivity index (χ0n) is 16.3. The Labute approximate surface area is 179 Å². The molecule has 0 N–H and O–H groups in total. The van der Waals surface area contributed by atoms with E-state index < -0.39 is 0 Å². The van der Waals surface area contributed by atoms with Gasteiger partial charge in [-0.15, -0.1) is 11.3 Å².